The number of carbonyl (C=O) groups is 2. The van der Waals surface area contributed by atoms with Crippen LogP contribution in [0.1, 0.15) is 10.4 Å². The molecule has 0 bridgehead atoms. The zero-order valence-corrected chi connectivity index (χ0v) is 15.3. The minimum absolute atomic E-state index is 0.0569. The molecular formula is C15H11ClN4O4S2. The number of carbonyl (C=O) groups excluding carboxylic acids is 2. The maximum Gasteiger partial charge on any atom is 0.327 e. The molecule has 1 aromatic heterocycles. The van der Waals surface area contributed by atoms with E-state index in [1.54, 1.807) is 12.1 Å². The second-order valence-electron chi connectivity index (χ2n) is 5.08. The molecule has 0 spiro atoms. The number of hydrogen-bond acceptors (Lipinski definition) is 6. The van der Waals surface area contributed by atoms with Crippen LogP contribution in [0.5, 0.6) is 0 Å². The summed E-state index contributed by atoms with van der Waals surface area (Å²) in [6, 6.07) is 9.67. The first-order chi connectivity index (χ1) is 12.2. The fourth-order valence-corrected chi connectivity index (χ4v) is 3.82. The minimum Gasteiger partial charge on any atom is -0.283 e. The molecule has 3 aromatic rings. The van der Waals surface area contributed by atoms with Crippen LogP contribution in [0.2, 0.25) is 5.02 Å². The summed E-state index contributed by atoms with van der Waals surface area (Å²) in [6.45, 7) is 0. The molecule has 0 saturated carbocycles. The van der Waals surface area contributed by atoms with Crippen molar-refractivity contribution < 1.29 is 18.0 Å². The van der Waals surface area contributed by atoms with E-state index in [4.69, 9.17) is 16.7 Å². The van der Waals surface area contributed by atoms with Crippen molar-refractivity contribution in [3.63, 3.8) is 0 Å². The number of halogens is 1. The van der Waals surface area contributed by atoms with Gasteiger partial charge in [0.05, 0.1) is 25.7 Å². The normalized spacial score (nSPS) is 11.3. The summed E-state index contributed by atoms with van der Waals surface area (Å²) in [5.41, 5.74) is 0.640. The first kappa shape index (κ1) is 18.3. The van der Waals surface area contributed by atoms with Gasteiger partial charge in [-0.1, -0.05) is 35.1 Å². The van der Waals surface area contributed by atoms with Gasteiger partial charge in [-0.15, -0.1) is 0 Å². The molecule has 0 unspecified atom stereocenters. The number of fused-ring (bicyclic) bond motifs is 1. The first-order valence-corrected chi connectivity index (χ1v) is 9.78. The number of nitrogens with one attached hydrogen (secondary N) is 2. The Bertz CT molecular complexity index is 1130. The van der Waals surface area contributed by atoms with E-state index in [0.717, 1.165) is 11.3 Å². The van der Waals surface area contributed by atoms with Crippen LogP contribution in [0.25, 0.3) is 10.2 Å². The maximum absolute atomic E-state index is 12.0. The van der Waals surface area contributed by atoms with Crippen LogP contribution in [0.4, 0.5) is 9.93 Å². The summed E-state index contributed by atoms with van der Waals surface area (Å²) in [4.78, 5) is 28.1. The topological polar surface area (TPSA) is 131 Å². The molecule has 0 aliphatic rings. The Morgan fingerprint density at radius 2 is 1.88 bits per heavy atom. The molecule has 0 aliphatic heterocycles. The molecule has 134 valence electrons. The standard InChI is InChI=1S/C15H11ClN4O4S2/c16-10-4-2-1-3-9(10)13(21)19-14(22)20-15-18-11-6-5-8(26(17,23)24)7-12(11)25-15/h1-7H,(H2,17,23,24)(H2,18,19,20,21,22). The Balaban J connectivity index is 1.75. The summed E-state index contributed by atoms with van der Waals surface area (Å²) >= 11 is 6.95. The van der Waals surface area contributed by atoms with Gasteiger partial charge >= 0.3 is 6.03 Å². The van der Waals surface area contributed by atoms with E-state index < -0.39 is 22.0 Å². The lowest BCUT2D eigenvalue weighted by Gasteiger charge is -2.05. The third kappa shape index (κ3) is 3.99. The molecule has 4 N–H and O–H groups in total. The van der Waals surface area contributed by atoms with Crippen LogP contribution in [-0.2, 0) is 10.0 Å². The molecule has 3 rings (SSSR count). The fourth-order valence-electron chi connectivity index (χ4n) is 2.08. The Morgan fingerprint density at radius 1 is 1.15 bits per heavy atom. The van der Waals surface area contributed by atoms with Crippen molar-refractivity contribution in [2.75, 3.05) is 5.32 Å². The maximum atomic E-state index is 12.0. The molecule has 0 saturated heterocycles. The molecule has 8 nitrogen and oxygen atoms in total. The van der Waals surface area contributed by atoms with Crippen LogP contribution >= 0.6 is 22.9 Å². The van der Waals surface area contributed by atoms with Crippen molar-refractivity contribution in [2.24, 2.45) is 5.14 Å². The van der Waals surface area contributed by atoms with Crippen molar-refractivity contribution in [2.45, 2.75) is 4.90 Å². The van der Waals surface area contributed by atoms with Crippen LogP contribution in [0.15, 0.2) is 47.4 Å². The Labute approximate surface area is 157 Å². The van der Waals surface area contributed by atoms with Gasteiger partial charge in [0, 0.05) is 0 Å². The predicted molar refractivity (Wildman–Crippen MR) is 98.9 cm³/mol. The molecule has 0 aliphatic carbocycles. The molecular weight excluding hydrogens is 400 g/mol. The van der Waals surface area contributed by atoms with E-state index >= 15 is 0 Å². The van der Waals surface area contributed by atoms with Crippen molar-refractivity contribution in [1.82, 2.24) is 10.3 Å². The molecule has 3 amide bonds. The number of thiazole rings is 1. The monoisotopic (exact) mass is 410 g/mol. The van der Waals surface area contributed by atoms with E-state index in [1.807, 2.05) is 0 Å². The lowest BCUT2D eigenvalue weighted by atomic mass is 10.2. The number of sulfonamides is 1. The van der Waals surface area contributed by atoms with Gasteiger partial charge in [-0.25, -0.2) is 23.3 Å². The van der Waals surface area contributed by atoms with E-state index in [-0.39, 0.29) is 20.6 Å². The Hall–Kier alpha value is -2.53. The molecule has 11 heteroatoms. The van der Waals surface area contributed by atoms with E-state index in [2.05, 4.69) is 15.6 Å². The van der Waals surface area contributed by atoms with Gasteiger partial charge < -0.3 is 0 Å². The van der Waals surface area contributed by atoms with Gasteiger partial charge in [-0.3, -0.25) is 15.4 Å². The zero-order valence-electron chi connectivity index (χ0n) is 12.9. The Kier molecular flexibility index (Phi) is 4.92. The van der Waals surface area contributed by atoms with Crippen molar-refractivity contribution in [1.29, 1.82) is 0 Å². The zero-order chi connectivity index (χ0) is 18.9. The second kappa shape index (κ2) is 7.00. The van der Waals surface area contributed by atoms with Gasteiger partial charge in [0.15, 0.2) is 5.13 Å². The number of nitrogens with two attached hydrogens (primary N) is 1. The highest BCUT2D eigenvalue weighted by Crippen LogP contribution is 2.27. The largest absolute Gasteiger partial charge is 0.327 e. The number of anilines is 1. The number of primary sulfonamides is 1. The molecule has 0 radical (unpaired) electrons. The van der Waals surface area contributed by atoms with E-state index in [0.29, 0.717) is 10.2 Å². The number of amides is 3. The fraction of sp³-hybridized carbons (Fsp3) is 0. The summed E-state index contributed by atoms with van der Waals surface area (Å²) in [5.74, 6) is -0.661. The number of rotatable bonds is 3. The highest BCUT2D eigenvalue weighted by molar-refractivity contribution is 7.89. The van der Waals surface area contributed by atoms with Crippen LogP contribution < -0.4 is 15.8 Å². The van der Waals surface area contributed by atoms with Crippen LogP contribution in [0, 0.1) is 0 Å². The highest BCUT2D eigenvalue weighted by atomic mass is 35.5. The number of nitrogens with zero attached hydrogens (tertiary/aromatic N) is 1. The smallest absolute Gasteiger partial charge is 0.283 e. The summed E-state index contributed by atoms with van der Waals surface area (Å²) in [6.07, 6.45) is 0. The molecule has 26 heavy (non-hydrogen) atoms. The SMILES string of the molecule is NS(=O)(=O)c1ccc2nc(NC(=O)NC(=O)c3ccccc3Cl)sc2c1. The van der Waals surface area contributed by atoms with Crippen molar-refractivity contribution in [3.05, 3.63) is 53.1 Å². The number of benzene rings is 2. The van der Waals surface area contributed by atoms with E-state index in [1.165, 1.54) is 30.3 Å². The third-order valence-corrected chi connectivity index (χ3v) is 5.43. The van der Waals surface area contributed by atoms with Gasteiger partial charge in [0.25, 0.3) is 5.91 Å². The molecule has 2 aromatic carbocycles. The van der Waals surface area contributed by atoms with Gasteiger partial charge in [0.2, 0.25) is 10.0 Å². The van der Waals surface area contributed by atoms with Crippen molar-refractivity contribution >= 4 is 60.2 Å². The second-order valence-corrected chi connectivity index (χ2v) is 8.08. The Morgan fingerprint density at radius 3 is 2.58 bits per heavy atom. The lowest BCUT2D eigenvalue weighted by Crippen LogP contribution is -2.34. The molecule has 0 fully saturated rings. The third-order valence-electron chi connectivity index (χ3n) is 3.25. The average molecular weight is 411 g/mol. The van der Waals surface area contributed by atoms with Gasteiger partial charge in [0.1, 0.15) is 0 Å². The van der Waals surface area contributed by atoms with Crippen LogP contribution in [0.3, 0.4) is 0 Å². The molecule has 1 heterocycles. The quantitative estimate of drug-likeness (QED) is 0.610. The molecule has 0 atom stereocenters. The first-order valence-electron chi connectivity index (χ1n) is 7.04. The highest BCUT2D eigenvalue weighted by Gasteiger charge is 2.15. The lowest BCUT2D eigenvalue weighted by molar-refractivity contribution is 0.0967. The van der Waals surface area contributed by atoms with E-state index in [9.17, 15) is 18.0 Å². The number of hydrogen-bond donors (Lipinski definition) is 3. The van der Waals surface area contributed by atoms with Crippen molar-refractivity contribution in [3.8, 4) is 0 Å². The van der Waals surface area contributed by atoms with Gasteiger partial charge in [-0.05, 0) is 30.3 Å². The number of urea groups is 1. The predicted octanol–water partition coefficient (Wildman–Crippen LogP) is 2.56. The minimum atomic E-state index is -3.84. The van der Waals surface area contributed by atoms with Gasteiger partial charge in [-0.2, -0.15) is 0 Å². The summed E-state index contributed by atoms with van der Waals surface area (Å²) in [5, 5.41) is 10.1. The number of imide groups is 1. The summed E-state index contributed by atoms with van der Waals surface area (Å²) in [7, 11) is -3.84. The summed E-state index contributed by atoms with van der Waals surface area (Å²) < 4.78 is 23.3. The average Bonchev–Trinajstić information content (AvgIpc) is 2.95. The number of aromatic nitrogens is 1. The van der Waals surface area contributed by atoms with Crippen LogP contribution in [-0.4, -0.2) is 25.3 Å².